The first-order valence-corrected chi connectivity index (χ1v) is 3.70. The summed E-state index contributed by atoms with van der Waals surface area (Å²) in [6.45, 7) is 2.26. The van der Waals surface area contributed by atoms with Crippen molar-refractivity contribution >= 4 is 0 Å². The van der Waals surface area contributed by atoms with Crippen LogP contribution in [0.15, 0.2) is 0 Å². The van der Waals surface area contributed by atoms with Crippen LogP contribution in [0.1, 0.15) is 6.92 Å². The number of nitriles is 3. The van der Waals surface area contributed by atoms with Crippen LogP contribution in [0.3, 0.4) is 0 Å². The molecule has 1 aliphatic heterocycles. The topological polar surface area (TPSA) is 81.1 Å². The summed E-state index contributed by atoms with van der Waals surface area (Å²) in [5, 5.41) is 26.0. The molecule has 0 amide bonds. The lowest BCUT2D eigenvalue weighted by Crippen LogP contribution is -2.55. The van der Waals surface area contributed by atoms with Crippen molar-refractivity contribution in [3.63, 3.8) is 0 Å². The van der Waals surface area contributed by atoms with Crippen LogP contribution in [0.5, 0.6) is 0 Å². The van der Waals surface area contributed by atoms with Crippen molar-refractivity contribution in [2.75, 3.05) is 13.3 Å². The lowest BCUT2D eigenvalue weighted by molar-refractivity contribution is 0.0154. The fraction of sp³-hybridized carbons (Fsp3) is 0.571. The van der Waals surface area contributed by atoms with Gasteiger partial charge < -0.3 is 0 Å². The van der Waals surface area contributed by atoms with Crippen LogP contribution in [-0.4, -0.2) is 34.2 Å². The molecule has 0 N–H and O–H groups in total. The molecule has 6 heteroatoms. The Morgan fingerprint density at radius 3 is 1.77 bits per heavy atom. The fourth-order valence-corrected chi connectivity index (χ4v) is 1.11. The molecule has 1 aliphatic rings. The normalized spacial score (nSPS) is 17.5. The highest BCUT2D eigenvalue weighted by Crippen LogP contribution is 2.11. The number of nitrogens with zero attached hydrogens (tertiary/aromatic N) is 6. The second kappa shape index (κ2) is 3.51. The molecule has 0 unspecified atom stereocenters. The molecule has 0 aliphatic carbocycles. The van der Waals surface area contributed by atoms with Crippen molar-refractivity contribution < 1.29 is 0 Å². The summed E-state index contributed by atoms with van der Waals surface area (Å²) in [5.74, 6) is 0. The molecule has 6 nitrogen and oxygen atoms in total. The van der Waals surface area contributed by atoms with E-state index in [0.29, 0.717) is 0 Å². The zero-order valence-corrected chi connectivity index (χ0v) is 7.17. The van der Waals surface area contributed by atoms with E-state index in [1.54, 1.807) is 6.92 Å². The Balaban J connectivity index is 2.78. The van der Waals surface area contributed by atoms with Gasteiger partial charge in [-0.05, 0) is 6.92 Å². The fourth-order valence-electron chi connectivity index (χ4n) is 1.11. The van der Waals surface area contributed by atoms with Crippen molar-refractivity contribution in [2.24, 2.45) is 0 Å². The summed E-state index contributed by atoms with van der Waals surface area (Å²) in [4.78, 5) is 4.08. The predicted octanol–water partition coefficient (Wildman–Crippen LogP) is -0.390. The quantitative estimate of drug-likeness (QED) is 0.467. The summed E-state index contributed by atoms with van der Waals surface area (Å²) in [5.41, 5.74) is 0. The highest BCUT2D eigenvalue weighted by molar-refractivity contribution is 4.92. The molecule has 0 radical (unpaired) electrons. The molecule has 0 aromatic carbocycles. The van der Waals surface area contributed by atoms with Crippen molar-refractivity contribution in [3.8, 4) is 18.6 Å². The summed E-state index contributed by atoms with van der Waals surface area (Å²) in [7, 11) is 0. The first-order valence-electron chi connectivity index (χ1n) is 3.70. The van der Waals surface area contributed by atoms with E-state index < -0.39 is 0 Å². The van der Waals surface area contributed by atoms with E-state index in [2.05, 4.69) is 0 Å². The molecule has 1 heterocycles. The second-order valence-electron chi connectivity index (χ2n) is 2.69. The molecule has 0 spiro atoms. The third kappa shape index (κ3) is 1.55. The average molecular weight is 176 g/mol. The van der Waals surface area contributed by atoms with Gasteiger partial charge in [-0.2, -0.15) is 15.8 Å². The van der Waals surface area contributed by atoms with E-state index in [4.69, 9.17) is 15.8 Å². The molecule has 1 rings (SSSR count). The Morgan fingerprint density at radius 1 is 1.00 bits per heavy atom. The molecular formula is C7H8N6. The maximum atomic E-state index is 8.69. The Bertz CT molecular complexity index is 280. The van der Waals surface area contributed by atoms with Gasteiger partial charge in [-0.25, -0.2) is 0 Å². The van der Waals surface area contributed by atoms with Crippen LogP contribution in [0.4, 0.5) is 0 Å². The first-order chi connectivity index (χ1) is 6.22. The van der Waals surface area contributed by atoms with Gasteiger partial charge >= 0.3 is 0 Å². The molecule has 1 fully saturated rings. The molecular weight excluding hydrogens is 168 g/mol. The molecule has 0 atom stereocenters. The molecule has 0 saturated carbocycles. The number of hydrogen-bond donors (Lipinski definition) is 0. The van der Waals surface area contributed by atoms with Gasteiger partial charge in [0, 0.05) is 0 Å². The SMILES string of the molecule is CC1N(C#N)CN(C#N)CN1C#N. The molecule has 13 heavy (non-hydrogen) atoms. The van der Waals surface area contributed by atoms with Crippen LogP contribution in [-0.2, 0) is 0 Å². The van der Waals surface area contributed by atoms with Gasteiger partial charge in [-0.1, -0.05) is 0 Å². The highest BCUT2D eigenvalue weighted by Gasteiger charge is 2.27. The van der Waals surface area contributed by atoms with Crippen molar-refractivity contribution in [3.05, 3.63) is 0 Å². The smallest absolute Gasteiger partial charge is 0.182 e. The van der Waals surface area contributed by atoms with Gasteiger partial charge in [0.2, 0.25) is 0 Å². The lowest BCUT2D eigenvalue weighted by atomic mass is 10.4. The standard InChI is InChI=1S/C7H8N6/c1-7-12(3-9)5-11(2-8)6-13(7)4-10/h7H,5-6H2,1H3. The molecule has 0 bridgehead atoms. The van der Waals surface area contributed by atoms with E-state index in [1.807, 2.05) is 18.6 Å². The Hall–Kier alpha value is -2.13. The summed E-state index contributed by atoms with van der Waals surface area (Å²) in [6.07, 6.45) is 5.50. The highest BCUT2D eigenvalue weighted by atomic mass is 15.5. The minimum absolute atomic E-state index is 0.256. The van der Waals surface area contributed by atoms with E-state index in [1.165, 1.54) is 14.7 Å². The van der Waals surface area contributed by atoms with E-state index in [-0.39, 0.29) is 19.5 Å². The van der Waals surface area contributed by atoms with Gasteiger partial charge in [-0.3, -0.25) is 14.7 Å². The number of hydrogen-bond acceptors (Lipinski definition) is 6. The monoisotopic (exact) mass is 176 g/mol. The zero-order chi connectivity index (χ0) is 9.84. The molecule has 66 valence electrons. The second-order valence-corrected chi connectivity index (χ2v) is 2.69. The minimum Gasteiger partial charge on any atom is -0.272 e. The van der Waals surface area contributed by atoms with Gasteiger partial charge in [-0.15, -0.1) is 0 Å². The Kier molecular flexibility index (Phi) is 2.42. The average Bonchev–Trinajstić information content (AvgIpc) is 2.18. The van der Waals surface area contributed by atoms with Crippen molar-refractivity contribution in [1.82, 2.24) is 14.7 Å². The van der Waals surface area contributed by atoms with Crippen LogP contribution in [0, 0.1) is 34.4 Å². The summed E-state index contributed by atoms with van der Waals surface area (Å²) < 4.78 is 0. The van der Waals surface area contributed by atoms with Gasteiger partial charge in [0.25, 0.3) is 0 Å². The first kappa shape index (κ1) is 8.96. The number of rotatable bonds is 0. The van der Waals surface area contributed by atoms with Gasteiger partial charge in [0.15, 0.2) is 18.6 Å². The zero-order valence-electron chi connectivity index (χ0n) is 7.17. The largest absolute Gasteiger partial charge is 0.272 e. The van der Waals surface area contributed by atoms with Crippen molar-refractivity contribution in [1.29, 1.82) is 15.8 Å². The lowest BCUT2D eigenvalue weighted by Gasteiger charge is -2.39. The van der Waals surface area contributed by atoms with Crippen LogP contribution in [0.25, 0.3) is 0 Å². The summed E-state index contributed by atoms with van der Waals surface area (Å²) in [6, 6.07) is 0. The van der Waals surface area contributed by atoms with Crippen LogP contribution in [0.2, 0.25) is 0 Å². The van der Waals surface area contributed by atoms with Crippen LogP contribution < -0.4 is 0 Å². The third-order valence-electron chi connectivity index (χ3n) is 1.95. The van der Waals surface area contributed by atoms with Crippen LogP contribution >= 0.6 is 0 Å². The van der Waals surface area contributed by atoms with Crippen molar-refractivity contribution in [2.45, 2.75) is 13.1 Å². The summed E-state index contributed by atoms with van der Waals surface area (Å²) >= 11 is 0. The third-order valence-corrected chi connectivity index (χ3v) is 1.95. The van der Waals surface area contributed by atoms with Gasteiger partial charge in [0.05, 0.1) is 0 Å². The van der Waals surface area contributed by atoms with Gasteiger partial charge in [0.1, 0.15) is 19.5 Å². The van der Waals surface area contributed by atoms with E-state index in [9.17, 15) is 0 Å². The Morgan fingerprint density at radius 2 is 1.46 bits per heavy atom. The molecule has 1 saturated heterocycles. The maximum absolute atomic E-state index is 8.69. The maximum Gasteiger partial charge on any atom is 0.182 e. The van der Waals surface area contributed by atoms with E-state index >= 15 is 0 Å². The predicted molar refractivity (Wildman–Crippen MR) is 41.6 cm³/mol. The Labute approximate surface area is 76.4 Å². The molecule has 0 aromatic heterocycles. The van der Waals surface area contributed by atoms with E-state index in [0.717, 1.165) is 0 Å². The molecule has 0 aromatic rings. The minimum atomic E-state index is -0.264.